The van der Waals surface area contributed by atoms with Crippen LogP contribution in [0, 0.1) is 12.3 Å². The number of rotatable bonds is 5. The van der Waals surface area contributed by atoms with E-state index in [9.17, 15) is 14.4 Å². The van der Waals surface area contributed by atoms with Crippen LogP contribution in [-0.2, 0) is 20.9 Å². The molecule has 0 atom stereocenters. The summed E-state index contributed by atoms with van der Waals surface area (Å²) >= 11 is 1.19. The van der Waals surface area contributed by atoms with Gasteiger partial charge in [0.25, 0.3) is 0 Å². The van der Waals surface area contributed by atoms with Crippen LogP contribution in [0.3, 0.4) is 0 Å². The maximum atomic E-state index is 12.4. The molecule has 0 radical (unpaired) electrons. The summed E-state index contributed by atoms with van der Waals surface area (Å²) in [6.45, 7) is 7.35. The summed E-state index contributed by atoms with van der Waals surface area (Å²) in [4.78, 5) is 36.3. The standard InChI is InChI=1S/C20H23NO5S/c1-12-10-15(21-19(24)20(2,3)4)27-16(12)18(23)26-11-13-6-8-14(9-7-13)17(22)25-5/h6-10H,11H2,1-5H3,(H,21,24). The van der Waals surface area contributed by atoms with E-state index in [4.69, 9.17) is 4.74 Å². The molecule has 0 saturated carbocycles. The van der Waals surface area contributed by atoms with Gasteiger partial charge in [-0.05, 0) is 36.2 Å². The van der Waals surface area contributed by atoms with E-state index < -0.39 is 17.4 Å². The molecule has 144 valence electrons. The Morgan fingerprint density at radius 3 is 2.26 bits per heavy atom. The number of thiophene rings is 1. The van der Waals surface area contributed by atoms with Crippen molar-refractivity contribution < 1.29 is 23.9 Å². The fourth-order valence-corrected chi connectivity index (χ4v) is 3.08. The van der Waals surface area contributed by atoms with Crippen molar-refractivity contribution in [3.63, 3.8) is 0 Å². The van der Waals surface area contributed by atoms with Crippen LogP contribution in [-0.4, -0.2) is 25.0 Å². The summed E-state index contributed by atoms with van der Waals surface area (Å²) in [7, 11) is 1.32. The van der Waals surface area contributed by atoms with Crippen LogP contribution < -0.4 is 5.32 Å². The van der Waals surface area contributed by atoms with Crippen molar-refractivity contribution in [3.8, 4) is 0 Å². The van der Waals surface area contributed by atoms with Crippen molar-refractivity contribution in [2.45, 2.75) is 34.3 Å². The molecule has 0 aliphatic heterocycles. The lowest BCUT2D eigenvalue weighted by Gasteiger charge is -2.16. The zero-order valence-corrected chi connectivity index (χ0v) is 16.9. The lowest BCUT2D eigenvalue weighted by Crippen LogP contribution is -2.27. The van der Waals surface area contributed by atoms with E-state index in [1.807, 2.05) is 20.8 Å². The topological polar surface area (TPSA) is 81.7 Å². The molecule has 0 fully saturated rings. The molecular formula is C20H23NO5S. The number of nitrogens with one attached hydrogen (secondary N) is 1. The Hall–Kier alpha value is -2.67. The van der Waals surface area contributed by atoms with Gasteiger partial charge in [0.1, 0.15) is 11.5 Å². The Balaban J connectivity index is 2.00. The number of aryl methyl sites for hydroxylation is 1. The second kappa shape index (κ2) is 8.35. The highest BCUT2D eigenvalue weighted by Gasteiger charge is 2.23. The predicted molar refractivity (Wildman–Crippen MR) is 104 cm³/mol. The summed E-state index contributed by atoms with van der Waals surface area (Å²) in [5, 5.41) is 3.43. The Morgan fingerprint density at radius 2 is 1.70 bits per heavy atom. The molecule has 1 aromatic carbocycles. The minimum absolute atomic E-state index is 0.0846. The minimum Gasteiger partial charge on any atom is -0.465 e. The van der Waals surface area contributed by atoms with Gasteiger partial charge in [0.15, 0.2) is 0 Å². The van der Waals surface area contributed by atoms with E-state index in [1.165, 1.54) is 18.4 Å². The second-order valence-electron chi connectivity index (χ2n) is 7.09. The fourth-order valence-electron chi connectivity index (χ4n) is 2.12. The Kier molecular flexibility index (Phi) is 6.38. The van der Waals surface area contributed by atoms with Gasteiger partial charge in [-0.25, -0.2) is 9.59 Å². The molecule has 0 unspecified atom stereocenters. The van der Waals surface area contributed by atoms with Gasteiger partial charge < -0.3 is 14.8 Å². The molecule has 2 aromatic rings. The first kappa shape index (κ1) is 20.6. The SMILES string of the molecule is COC(=O)c1ccc(COC(=O)c2sc(NC(=O)C(C)(C)C)cc2C)cc1. The van der Waals surface area contributed by atoms with Crippen molar-refractivity contribution in [1.29, 1.82) is 0 Å². The first-order chi connectivity index (χ1) is 12.6. The highest BCUT2D eigenvalue weighted by atomic mass is 32.1. The van der Waals surface area contributed by atoms with E-state index in [-0.39, 0.29) is 12.5 Å². The van der Waals surface area contributed by atoms with Gasteiger partial charge in [0, 0.05) is 5.41 Å². The van der Waals surface area contributed by atoms with Gasteiger partial charge in [-0.3, -0.25) is 4.79 Å². The molecule has 1 amide bonds. The maximum Gasteiger partial charge on any atom is 0.348 e. The summed E-state index contributed by atoms with van der Waals surface area (Å²) in [5.41, 5.74) is 1.41. The number of anilines is 1. The normalized spacial score (nSPS) is 11.0. The van der Waals surface area contributed by atoms with Crippen molar-refractivity contribution in [2.24, 2.45) is 5.41 Å². The lowest BCUT2D eigenvalue weighted by molar-refractivity contribution is -0.123. The van der Waals surface area contributed by atoms with Crippen LogP contribution in [0.5, 0.6) is 0 Å². The van der Waals surface area contributed by atoms with Gasteiger partial charge in [-0.1, -0.05) is 32.9 Å². The lowest BCUT2D eigenvalue weighted by atomic mass is 9.96. The number of hydrogen-bond acceptors (Lipinski definition) is 6. The average Bonchev–Trinajstić information content (AvgIpc) is 2.99. The van der Waals surface area contributed by atoms with Gasteiger partial charge >= 0.3 is 11.9 Å². The number of ether oxygens (including phenoxy) is 2. The van der Waals surface area contributed by atoms with Crippen LogP contribution >= 0.6 is 11.3 Å². The highest BCUT2D eigenvalue weighted by molar-refractivity contribution is 7.18. The molecule has 6 nitrogen and oxygen atoms in total. The van der Waals surface area contributed by atoms with Crippen LogP contribution in [0.2, 0.25) is 0 Å². The summed E-state index contributed by atoms with van der Waals surface area (Å²) in [6.07, 6.45) is 0. The number of carbonyl (C=O) groups is 3. The molecule has 0 aliphatic rings. The van der Waals surface area contributed by atoms with E-state index in [0.717, 1.165) is 11.1 Å². The Labute approximate surface area is 162 Å². The quantitative estimate of drug-likeness (QED) is 0.776. The number of benzene rings is 1. The molecule has 0 aliphatic carbocycles. The molecule has 0 spiro atoms. The van der Waals surface area contributed by atoms with Gasteiger partial charge in [0.05, 0.1) is 17.7 Å². The average molecular weight is 389 g/mol. The highest BCUT2D eigenvalue weighted by Crippen LogP contribution is 2.29. The minimum atomic E-state index is -0.519. The molecule has 1 aromatic heterocycles. The molecule has 27 heavy (non-hydrogen) atoms. The summed E-state index contributed by atoms with van der Waals surface area (Å²) < 4.78 is 9.99. The number of hydrogen-bond donors (Lipinski definition) is 1. The van der Waals surface area contributed by atoms with E-state index in [1.54, 1.807) is 37.3 Å². The maximum absolute atomic E-state index is 12.4. The third-order valence-corrected chi connectivity index (χ3v) is 4.90. The number of carbonyl (C=O) groups excluding carboxylic acids is 3. The van der Waals surface area contributed by atoms with Gasteiger partial charge in [0.2, 0.25) is 5.91 Å². The van der Waals surface area contributed by atoms with E-state index in [0.29, 0.717) is 15.4 Å². The predicted octanol–water partition coefficient (Wildman–Crippen LogP) is 4.18. The first-order valence-electron chi connectivity index (χ1n) is 8.38. The molecule has 0 saturated heterocycles. The largest absolute Gasteiger partial charge is 0.465 e. The monoisotopic (exact) mass is 389 g/mol. The second-order valence-corrected chi connectivity index (χ2v) is 8.14. The Morgan fingerprint density at radius 1 is 1.07 bits per heavy atom. The van der Waals surface area contributed by atoms with Crippen LogP contribution in [0.4, 0.5) is 5.00 Å². The van der Waals surface area contributed by atoms with Crippen LogP contribution in [0.25, 0.3) is 0 Å². The van der Waals surface area contributed by atoms with Gasteiger partial charge in [-0.15, -0.1) is 11.3 Å². The third-order valence-electron chi connectivity index (χ3n) is 3.77. The number of esters is 2. The molecule has 7 heteroatoms. The van der Waals surface area contributed by atoms with Gasteiger partial charge in [-0.2, -0.15) is 0 Å². The molecule has 2 rings (SSSR count). The van der Waals surface area contributed by atoms with Crippen molar-refractivity contribution in [1.82, 2.24) is 0 Å². The summed E-state index contributed by atoms with van der Waals surface area (Å²) in [5.74, 6) is -0.988. The van der Waals surface area contributed by atoms with Crippen LogP contribution in [0.1, 0.15) is 51.9 Å². The van der Waals surface area contributed by atoms with E-state index in [2.05, 4.69) is 10.1 Å². The summed E-state index contributed by atoms with van der Waals surface area (Å²) in [6, 6.07) is 8.40. The van der Waals surface area contributed by atoms with Crippen molar-refractivity contribution in [3.05, 3.63) is 51.9 Å². The molecular weight excluding hydrogens is 366 g/mol. The third kappa shape index (κ3) is 5.40. The number of methoxy groups -OCH3 is 1. The fraction of sp³-hybridized carbons (Fsp3) is 0.350. The van der Waals surface area contributed by atoms with Crippen molar-refractivity contribution >= 4 is 34.2 Å². The zero-order valence-electron chi connectivity index (χ0n) is 16.0. The first-order valence-corrected chi connectivity index (χ1v) is 9.19. The Bertz CT molecular complexity index is 846. The van der Waals surface area contributed by atoms with E-state index >= 15 is 0 Å². The molecule has 1 heterocycles. The number of amides is 1. The van der Waals surface area contributed by atoms with Crippen molar-refractivity contribution in [2.75, 3.05) is 12.4 Å². The smallest absolute Gasteiger partial charge is 0.348 e. The van der Waals surface area contributed by atoms with Crippen LogP contribution in [0.15, 0.2) is 30.3 Å². The molecule has 0 bridgehead atoms. The zero-order chi connectivity index (χ0) is 20.2. The molecule has 1 N–H and O–H groups in total.